The summed E-state index contributed by atoms with van der Waals surface area (Å²) in [5.41, 5.74) is 4.62. The Kier molecular flexibility index (Phi) is 4.54. The maximum absolute atomic E-state index is 13.1. The van der Waals surface area contributed by atoms with Gasteiger partial charge in [-0.15, -0.1) is 0 Å². The lowest BCUT2D eigenvalue weighted by Gasteiger charge is -2.12. The third-order valence-electron chi connectivity index (χ3n) is 4.60. The SMILES string of the molecule is CCOc1ccc(C(=O)n2cc(C3=CCNCC3)c3ncccc32)cc1. The monoisotopic (exact) mass is 347 g/mol. The topological polar surface area (TPSA) is 56.1 Å². The van der Waals surface area contributed by atoms with Crippen molar-refractivity contribution in [2.24, 2.45) is 0 Å². The molecule has 0 unspecified atom stereocenters. The molecule has 3 aromatic rings. The molecule has 3 heterocycles. The molecule has 1 N–H and O–H groups in total. The smallest absolute Gasteiger partial charge is 0.262 e. The fourth-order valence-electron chi connectivity index (χ4n) is 3.33. The maximum atomic E-state index is 13.1. The third-order valence-corrected chi connectivity index (χ3v) is 4.60. The number of nitrogens with one attached hydrogen (secondary N) is 1. The lowest BCUT2D eigenvalue weighted by molar-refractivity contribution is 0.0965. The van der Waals surface area contributed by atoms with Gasteiger partial charge in [-0.25, -0.2) is 0 Å². The minimum Gasteiger partial charge on any atom is -0.494 e. The van der Waals surface area contributed by atoms with Crippen LogP contribution in [-0.4, -0.2) is 35.2 Å². The molecule has 1 aliphatic rings. The minimum absolute atomic E-state index is 0.0631. The normalized spacial score (nSPS) is 14.3. The zero-order valence-corrected chi connectivity index (χ0v) is 14.7. The zero-order chi connectivity index (χ0) is 17.9. The largest absolute Gasteiger partial charge is 0.494 e. The van der Waals surface area contributed by atoms with Crippen LogP contribution in [0.15, 0.2) is 54.9 Å². The summed E-state index contributed by atoms with van der Waals surface area (Å²) in [4.78, 5) is 17.6. The van der Waals surface area contributed by atoms with Gasteiger partial charge in [0.1, 0.15) is 5.75 Å². The Morgan fingerprint density at radius 1 is 1.27 bits per heavy atom. The highest BCUT2D eigenvalue weighted by atomic mass is 16.5. The predicted octanol–water partition coefficient (Wildman–Crippen LogP) is 3.50. The highest BCUT2D eigenvalue weighted by Crippen LogP contribution is 2.29. The summed E-state index contributed by atoms with van der Waals surface area (Å²) in [6.45, 7) is 4.34. The van der Waals surface area contributed by atoms with Crippen LogP contribution < -0.4 is 10.1 Å². The quantitative estimate of drug-likeness (QED) is 0.785. The Labute approximate surface area is 152 Å². The maximum Gasteiger partial charge on any atom is 0.262 e. The van der Waals surface area contributed by atoms with Crippen LogP contribution in [0, 0.1) is 0 Å². The highest BCUT2D eigenvalue weighted by Gasteiger charge is 2.19. The number of carbonyl (C=O) groups is 1. The van der Waals surface area contributed by atoms with Gasteiger partial charge >= 0.3 is 0 Å². The molecule has 0 aliphatic carbocycles. The van der Waals surface area contributed by atoms with Crippen molar-refractivity contribution in [1.29, 1.82) is 0 Å². The van der Waals surface area contributed by atoms with E-state index in [-0.39, 0.29) is 5.91 Å². The van der Waals surface area contributed by atoms with E-state index in [9.17, 15) is 4.79 Å². The first-order valence-electron chi connectivity index (χ1n) is 8.91. The summed E-state index contributed by atoms with van der Waals surface area (Å²) in [6, 6.07) is 11.1. The molecule has 0 atom stereocenters. The second-order valence-electron chi connectivity index (χ2n) is 6.23. The van der Waals surface area contributed by atoms with Crippen molar-refractivity contribution in [3.63, 3.8) is 0 Å². The molecule has 0 saturated heterocycles. The first kappa shape index (κ1) is 16.5. The van der Waals surface area contributed by atoms with E-state index in [1.165, 1.54) is 5.57 Å². The van der Waals surface area contributed by atoms with E-state index >= 15 is 0 Å². The van der Waals surface area contributed by atoms with Gasteiger partial charge in [-0.1, -0.05) is 6.08 Å². The second-order valence-corrected chi connectivity index (χ2v) is 6.23. The van der Waals surface area contributed by atoms with Crippen molar-refractivity contribution in [3.8, 4) is 5.75 Å². The van der Waals surface area contributed by atoms with E-state index < -0.39 is 0 Å². The molecule has 0 fully saturated rings. The fourth-order valence-corrected chi connectivity index (χ4v) is 3.33. The molecule has 0 radical (unpaired) electrons. The van der Waals surface area contributed by atoms with Crippen LogP contribution in [0.5, 0.6) is 5.75 Å². The Morgan fingerprint density at radius 3 is 2.85 bits per heavy atom. The van der Waals surface area contributed by atoms with Crippen molar-refractivity contribution in [2.75, 3.05) is 19.7 Å². The first-order valence-corrected chi connectivity index (χ1v) is 8.91. The van der Waals surface area contributed by atoms with Crippen molar-refractivity contribution < 1.29 is 9.53 Å². The highest BCUT2D eigenvalue weighted by molar-refractivity contribution is 6.04. The number of hydrogen-bond acceptors (Lipinski definition) is 4. The van der Waals surface area contributed by atoms with Crippen molar-refractivity contribution in [3.05, 3.63) is 66.0 Å². The van der Waals surface area contributed by atoms with Crippen LogP contribution in [0.2, 0.25) is 0 Å². The summed E-state index contributed by atoms with van der Waals surface area (Å²) >= 11 is 0. The number of carbonyl (C=O) groups excluding carboxylic acids is 1. The Bertz CT molecular complexity index is 971. The van der Waals surface area contributed by atoms with Crippen LogP contribution >= 0.6 is 0 Å². The number of benzene rings is 1. The number of fused-ring (bicyclic) bond motifs is 1. The predicted molar refractivity (Wildman–Crippen MR) is 103 cm³/mol. The van der Waals surface area contributed by atoms with E-state index in [2.05, 4.69) is 16.4 Å². The van der Waals surface area contributed by atoms with Crippen molar-refractivity contribution >= 4 is 22.5 Å². The Morgan fingerprint density at radius 2 is 2.12 bits per heavy atom. The van der Waals surface area contributed by atoms with Gasteiger partial charge in [0.2, 0.25) is 0 Å². The Balaban J connectivity index is 1.76. The van der Waals surface area contributed by atoms with E-state index in [0.29, 0.717) is 12.2 Å². The van der Waals surface area contributed by atoms with E-state index in [1.807, 2.05) is 37.4 Å². The molecule has 0 bridgehead atoms. The number of hydrogen-bond donors (Lipinski definition) is 1. The molecule has 0 amide bonds. The van der Waals surface area contributed by atoms with Crippen molar-refractivity contribution in [2.45, 2.75) is 13.3 Å². The number of aromatic nitrogens is 2. The average Bonchev–Trinajstić information content (AvgIpc) is 3.09. The van der Waals surface area contributed by atoms with Gasteiger partial charge in [0.15, 0.2) is 0 Å². The molecule has 1 aliphatic heterocycles. The van der Waals surface area contributed by atoms with Crippen LogP contribution in [-0.2, 0) is 0 Å². The summed E-state index contributed by atoms with van der Waals surface area (Å²) in [5.74, 6) is 0.704. The van der Waals surface area contributed by atoms with E-state index in [1.54, 1.807) is 22.9 Å². The number of ether oxygens (including phenoxy) is 1. The molecule has 0 saturated carbocycles. The molecule has 1 aromatic carbocycles. The van der Waals surface area contributed by atoms with Crippen LogP contribution in [0.25, 0.3) is 16.6 Å². The molecule has 0 spiro atoms. The molecule has 4 rings (SSSR count). The minimum atomic E-state index is -0.0631. The first-order chi connectivity index (χ1) is 12.8. The fraction of sp³-hybridized carbons (Fsp3) is 0.238. The molecule has 5 nitrogen and oxygen atoms in total. The number of nitrogens with zero attached hydrogens (tertiary/aromatic N) is 2. The second kappa shape index (κ2) is 7.14. The number of rotatable bonds is 4. The zero-order valence-electron chi connectivity index (χ0n) is 14.7. The lowest BCUT2D eigenvalue weighted by atomic mass is 10.0. The van der Waals surface area contributed by atoms with E-state index in [4.69, 9.17) is 4.74 Å². The molecular formula is C21H21N3O2. The van der Waals surface area contributed by atoms with E-state index in [0.717, 1.165) is 41.9 Å². The summed E-state index contributed by atoms with van der Waals surface area (Å²) in [6.07, 6.45) is 6.82. The van der Waals surface area contributed by atoms with Gasteiger partial charge in [-0.3, -0.25) is 14.3 Å². The molecule has 26 heavy (non-hydrogen) atoms. The summed E-state index contributed by atoms with van der Waals surface area (Å²) < 4.78 is 7.16. The van der Waals surface area contributed by atoms with Gasteiger partial charge in [-0.2, -0.15) is 0 Å². The van der Waals surface area contributed by atoms with Gasteiger partial charge in [0, 0.05) is 30.1 Å². The van der Waals surface area contributed by atoms with Gasteiger partial charge in [0.05, 0.1) is 17.6 Å². The van der Waals surface area contributed by atoms with Gasteiger partial charge in [-0.05, 0) is 61.9 Å². The van der Waals surface area contributed by atoms with Crippen molar-refractivity contribution in [1.82, 2.24) is 14.9 Å². The molecular weight excluding hydrogens is 326 g/mol. The average molecular weight is 347 g/mol. The molecule has 132 valence electrons. The summed E-state index contributed by atoms with van der Waals surface area (Å²) in [7, 11) is 0. The molecule has 5 heteroatoms. The third kappa shape index (κ3) is 3.02. The van der Waals surface area contributed by atoms with Gasteiger partial charge < -0.3 is 10.1 Å². The van der Waals surface area contributed by atoms with Crippen LogP contribution in [0.1, 0.15) is 29.3 Å². The number of pyridine rings is 1. The lowest BCUT2D eigenvalue weighted by Crippen LogP contribution is -2.20. The Hall–Kier alpha value is -2.92. The van der Waals surface area contributed by atoms with Crippen LogP contribution in [0.3, 0.4) is 0 Å². The summed E-state index contributed by atoms with van der Waals surface area (Å²) in [5, 5.41) is 3.32. The standard InChI is InChI=1S/C21H21N3O2/c1-2-26-17-7-5-16(6-8-17)21(25)24-14-18(15-9-12-22-13-10-15)20-19(24)4-3-11-23-20/h3-9,11,14,22H,2,10,12-13H2,1H3. The molecule has 2 aromatic heterocycles. The van der Waals surface area contributed by atoms with Crippen LogP contribution in [0.4, 0.5) is 0 Å². The van der Waals surface area contributed by atoms with Gasteiger partial charge in [0.25, 0.3) is 5.91 Å².